The number of hydrogen-bond acceptors (Lipinski definition) is 6. The maximum absolute atomic E-state index is 12.2. The maximum Gasteiger partial charge on any atom is 0.390 e. The average Bonchev–Trinajstić information content (AvgIpc) is 3.17. The van der Waals surface area contributed by atoms with Gasteiger partial charge in [0, 0.05) is 29.4 Å². The molecule has 0 heterocycles. The third kappa shape index (κ3) is 18.9. The van der Waals surface area contributed by atoms with E-state index in [0.717, 1.165) is 75.0 Å². The lowest BCUT2D eigenvalue weighted by Crippen LogP contribution is -2.04. The normalized spacial score (nSPS) is 10.2. The van der Waals surface area contributed by atoms with Gasteiger partial charge in [0.15, 0.2) is 0 Å². The fourth-order valence-corrected chi connectivity index (χ4v) is 4.97. The molecule has 0 aliphatic heterocycles. The Bertz CT molecular complexity index is 1690. The van der Waals surface area contributed by atoms with E-state index in [2.05, 4.69) is 42.3 Å². The number of carbonyl (C=O) groups is 2. The monoisotopic (exact) mass is 698 g/mol. The van der Waals surface area contributed by atoms with E-state index in [1.165, 1.54) is 32.1 Å². The van der Waals surface area contributed by atoms with Crippen molar-refractivity contribution in [2.24, 2.45) is 0 Å². The van der Waals surface area contributed by atoms with Crippen molar-refractivity contribution in [2.75, 3.05) is 19.8 Å². The summed E-state index contributed by atoms with van der Waals surface area (Å²) in [5.74, 6) is 13.9. The second kappa shape index (κ2) is 26.2. The summed E-state index contributed by atoms with van der Waals surface area (Å²) >= 11 is 0. The minimum atomic E-state index is -0.680. The zero-order chi connectivity index (χ0) is 36.9. The molecule has 6 heteroatoms. The Labute approximate surface area is 310 Å². The Hall–Kier alpha value is -5.64. The summed E-state index contributed by atoms with van der Waals surface area (Å²) in [7, 11) is 0. The van der Waals surface area contributed by atoms with Gasteiger partial charge in [-0.05, 0) is 98.3 Å². The van der Waals surface area contributed by atoms with Crippen LogP contribution in [-0.4, -0.2) is 31.8 Å². The molecule has 0 bridgehead atoms. The molecule has 0 amide bonds. The SMILES string of the molecule is C#CCCCCCCCOC(=O)C#Cc1ccc(OC(=O)C#Cc2ccc(OC/C=C/CCCCCCCCOc3ccc(C=C)cc3)cc2)cc1. The Morgan fingerprint density at radius 2 is 1.13 bits per heavy atom. The number of ether oxygens (including phenoxy) is 4. The largest absolute Gasteiger partial charge is 0.494 e. The number of carbonyl (C=O) groups excluding carboxylic acids is 2. The van der Waals surface area contributed by atoms with Crippen LogP contribution >= 0.6 is 0 Å². The van der Waals surface area contributed by atoms with E-state index in [4.69, 9.17) is 25.4 Å². The molecule has 3 aromatic rings. The van der Waals surface area contributed by atoms with Crippen LogP contribution < -0.4 is 14.2 Å². The standard InChI is InChI=1S/C46H50O6/c1-3-5-6-7-11-16-19-38-51-45(47)34-26-41-24-32-44(33-25-41)52-46(48)35-27-40-22-30-43(31-23-40)50-37-18-15-13-10-8-9-12-14-17-36-49-42-28-20-39(4-2)21-29-42/h1,4,15,18,20-25,28-33H,2,5-14,16-17,19,36-38H2/b18-15+. The maximum atomic E-state index is 12.2. The van der Waals surface area contributed by atoms with Gasteiger partial charge in [0.2, 0.25) is 0 Å². The Morgan fingerprint density at radius 3 is 1.79 bits per heavy atom. The van der Waals surface area contributed by atoms with Crippen LogP contribution in [0.4, 0.5) is 0 Å². The molecule has 0 N–H and O–H groups in total. The fourth-order valence-electron chi connectivity index (χ4n) is 4.97. The van der Waals surface area contributed by atoms with Crippen molar-refractivity contribution in [3.63, 3.8) is 0 Å². The summed E-state index contributed by atoms with van der Waals surface area (Å²) in [6.07, 6.45) is 25.3. The van der Waals surface area contributed by atoms with E-state index in [-0.39, 0.29) is 0 Å². The molecular weight excluding hydrogens is 648 g/mol. The van der Waals surface area contributed by atoms with Gasteiger partial charge >= 0.3 is 11.9 Å². The van der Waals surface area contributed by atoms with Crippen LogP contribution in [-0.2, 0) is 14.3 Å². The summed E-state index contributed by atoms with van der Waals surface area (Å²) in [6, 6.07) is 21.8. The average molecular weight is 699 g/mol. The lowest BCUT2D eigenvalue weighted by Gasteiger charge is -2.06. The molecule has 52 heavy (non-hydrogen) atoms. The van der Waals surface area contributed by atoms with Crippen molar-refractivity contribution < 1.29 is 28.5 Å². The highest BCUT2D eigenvalue weighted by atomic mass is 16.5. The molecule has 0 aromatic heterocycles. The Kier molecular flexibility index (Phi) is 20.6. The molecule has 0 spiro atoms. The summed E-state index contributed by atoms with van der Waals surface area (Å²) < 4.78 is 22.0. The predicted octanol–water partition coefficient (Wildman–Crippen LogP) is 9.90. The van der Waals surface area contributed by atoms with Gasteiger partial charge < -0.3 is 18.9 Å². The van der Waals surface area contributed by atoms with Gasteiger partial charge in [0.25, 0.3) is 0 Å². The zero-order valence-electron chi connectivity index (χ0n) is 30.2. The number of terminal acetylenes is 1. The van der Waals surface area contributed by atoms with E-state index in [9.17, 15) is 9.59 Å². The summed E-state index contributed by atoms with van der Waals surface area (Å²) in [6.45, 7) is 5.37. The highest BCUT2D eigenvalue weighted by Gasteiger charge is 2.02. The van der Waals surface area contributed by atoms with Crippen LogP contribution in [0.2, 0.25) is 0 Å². The molecule has 0 fully saturated rings. The number of benzene rings is 3. The van der Waals surface area contributed by atoms with Crippen molar-refractivity contribution in [1.82, 2.24) is 0 Å². The number of rotatable bonds is 22. The fraction of sp³-hybridized carbons (Fsp3) is 0.348. The first-order chi connectivity index (χ1) is 25.6. The molecular formula is C46H50O6. The molecule has 0 aliphatic carbocycles. The summed E-state index contributed by atoms with van der Waals surface area (Å²) in [5, 5.41) is 0. The first-order valence-electron chi connectivity index (χ1n) is 18.2. The predicted molar refractivity (Wildman–Crippen MR) is 209 cm³/mol. The van der Waals surface area contributed by atoms with E-state index < -0.39 is 11.9 Å². The zero-order valence-corrected chi connectivity index (χ0v) is 30.2. The highest BCUT2D eigenvalue weighted by molar-refractivity contribution is 5.91. The second-order valence-corrected chi connectivity index (χ2v) is 12.1. The van der Waals surface area contributed by atoms with Crippen LogP contribution in [0.5, 0.6) is 17.2 Å². The first kappa shape index (κ1) is 40.8. The van der Waals surface area contributed by atoms with Crippen molar-refractivity contribution in [3.8, 4) is 53.3 Å². The summed E-state index contributed by atoms with van der Waals surface area (Å²) in [4.78, 5) is 24.1. The summed E-state index contributed by atoms with van der Waals surface area (Å²) in [5.41, 5.74) is 2.37. The van der Waals surface area contributed by atoms with Crippen LogP contribution in [0, 0.1) is 36.0 Å². The van der Waals surface area contributed by atoms with Gasteiger partial charge in [-0.1, -0.05) is 93.7 Å². The molecule has 3 rings (SSSR count). The molecule has 0 saturated heterocycles. The molecule has 270 valence electrons. The Balaban J connectivity index is 1.21. The molecule has 0 radical (unpaired) electrons. The number of hydrogen-bond donors (Lipinski definition) is 0. The van der Waals surface area contributed by atoms with Crippen LogP contribution in [0.15, 0.2) is 91.5 Å². The third-order valence-corrected chi connectivity index (χ3v) is 7.90. The van der Waals surface area contributed by atoms with E-state index >= 15 is 0 Å². The smallest absolute Gasteiger partial charge is 0.390 e. The quantitative estimate of drug-likeness (QED) is 0.0342. The second-order valence-electron chi connectivity index (χ2n) is 12.1. The van der Waals surface area contributed by atoms with Crippen molar-refractivity contribution in [3.05, 3.63) is 108 Å². The van der Waals surface area contributed by atoms with Crippen molar-refractivity contribution >= 4 is 18.0 Å². The molecule has 3 aromatic carbocycles. The number of allylic oxidation sites excluding steroid dienone is 1. The minimum absolute atomic E-state index is 0.329. The van der Waals surface area contributed by atoms with Gasteiger partial charge in [-0.3, -0.25) is 0 Å². The molecule has 0 saturated carbocycles. The highest BCUT2D eigenvalue weighted by Crippen LogP contribution is 2.15. The van der Waals surface area contributed by atoms with Gasteiger partial charge in [0.1, 0.15) is 23.9 Å². The van der Waals surface area contributed by atoms with Gasteiger partial charge in [-0.15, -0.1) is 12.3 Å². The number of esters is 2. The molecule has 0 unspecified atom stereocenters. The van der Waals surface area contributed by atoms with E-state index in [1.54, 1.807) is 36.4 Å². The van der Waals surface area contributed by atoms with E-state index in [1.807, 2.05) is 48.6 Å². The molecule has 0 aliphatic rings. The van der Waals surface area contributed by atoms with Crippen molar-refractivity contribution in [1.29, 1.82) is 0 Å². The third-order valence-electron chi connectivity index (χ3n) is 7.90. The lowest BCUT2D eigenvalue weighted by molar-refractivity contribution is -0.136. The number of unbranched alkanes of at least 4 members (excludes halogenated alkanes) is 11. The molecule has 6 nitrogen and oxygen atoms in total. The first-order valence-corrected chi connectivity index (χ1v) is 18.2. The van der Waals surface area contributed by atoms with Gasteiger partial charge in [-0.25, -0.2) is 9.59 Å². The lowest BCUT2D eigenvalue weighted by atomic mass is 10.1. The van der Waals surface area contributed by atoms with Crippen LogP contribution in [0.3, 0.4) is 0 Å². The molecule has 0 atom stereocenters. The van der Waals surface area contributed by atoms with Crippen LogP contribution in [0.25, 0.3) is 6.08 Å². The van der Waals surface area contributed by atoms with E-state index in [0.29, 0.717) is 30.1 Å². The van der Waals surface area contributed by atoms with Gasteiger partial charge in [0.05, 0.1) is 13.2 Å². The van der Waals surface area contributed by atoms with Crippen LogP contribution in [0.1, 0.15) is 100 Å². The Morgan fingerprint density at radius 1 is 0.596 bits per heavy atom. The minimum Gasteiger partial charge on any atom is -0.494 e. The van der Waals surface area contributed by atoms with Crippen molar-refractivity contribution in [2.45, 2.75) is 83.5 Å². The van der Waals surface area contributed by atoms with Gasteiger partial charge in [-0.2, -0.15) is 0 Å². The topological polar surface area (TPSA) is 71.1 Å².